The van der Waals surface area contributed by atoms with Crippen molar-refractivity contribution in [3.8, 4) is 0 Å². The number of halogens is 3. The van der Waals surface area contributed by atoms with E-state index in [9.17, 15) is 22.8 Å². The number of rotatable bonds is 5. The predicted molar refractivity (Wildman–Crippen MR) is 60.9 cm³/mol. The Morgan fingerprint density at radius 3 is 2.53 bits per heavy atom. The largest absolute Gasteiger partial charge is 0.477 e. The summed E-state index contributed by atoms with van der Waals surface area (Å²) in [6, 6.07) is 0. The van der Waals surface area contributed by atoms with Crippen molar-refractivity contribution in [1.82, 2.24) is 10.3 Å². The Morgan fingerprint density at radius 1 is 1.42 bits per heavy atom. The second kappa shape index (κ2) is 6.00. The zero-order valence-corrected chi connectivity index (χ0v) is 10.7. The van der Waals surface area contributed by atoms with Crippen molar-refractivity contribution >= 4 is 23.2 Å². The number of carboxylic acid groups (broad SMARTS) is 1. The van der Waals surface area contributed by atoms with Crippen LogP contribution in [0, 0.1) is 6.92 Å². The third-order valence-corrected chi connectivity index (χ3v) is 3.25. The molecule has 0 aliphatic rings. The third-order valence-electron chi connectivity index (χ3n) is 2.11. The second-order valence-corrected chi connectivity index (χ2v) is 4.80. The van der Waals surface area contributed by atoms with E-state index in [0.717, 1.165) is 11.3 Å². The molecule has 1 rings (SSSR count). The molecule has 0 bridgehead atoms. The van der Waals surface area contributed by atoms with E-state index in [1.165, 1.54) is 6.92 Å². The molecule has 1 heterocycles. The van der Waals surface area contributed by atoms with E-state index < -0.39 is 30.9 Å². The van der Waals surface area contributed by atoms with Gasteiger partial charge in [-0.3, -0.25) is 4.79 Å². The highest BCUT2D eigenvalue weighted by Crippen LogP contribution is 2.21. The Kier molecular flexibility index (Phi) is 4.87. The van der Waals surface area contributed by atoms with Crippen LogP contribution in [0.5, 0.6) is 0 Å². The van der Waals surface area contributed by atoms with Crippen LogP contribution in [0.2, 0.25) is 0 Å². The molecule has 0 aromatic carbocycles. The van der Waals surface area contributed by atoms with Crippen molar-refractivity contribution in [3.05, 3.63) is 15.6 Å². The van der Waals surface area contributed by atoms with Gasteiger partial charge in [0.15, 0.2) is 0 Å². The number of aromatic carboxylic acids is 1. The molecule has 0 atom stereocenters. The highest BCUT2D eigenvalue weighted by Gasteiger charge is 2.27. The van der Waals surface area contributed by atoms with Gasteiger partial charge in [-0.2, -0.15) is 13.2 Å². The Bertz CT molecular complexity index is 485. The van der Waals surface area contributed by atoms with Crippen molar-refractivity contribution < 1.29 is 27.9 Å². The van der Waals surface area contributed by atoms with E-state index in [-0.39, 0.29) is 11.4 Å². The quantitative estimate of drug-likeness (QED) is 0.872. The summed E-state index contributed by atoms with van der Waals surface area (Å²) < 4.78 is 35.6. The standard InChI is InChI=1S/C10H11F3N2O3S/c1-5-8(9(17)18)19-7(15-5)4-14-6(16)2-3-10(11,12)13/h2-4H2,1H3,(H,14,16)(H,17,18). The first-order valence-electron chi connectivity index (χ1n) is 5.22. The average molecular weight is 296 g/mol. The first kappa shape index (κ1) is 15.4. The van der Waals surface area contributed by atoms with E-state index in [2.05, 4.69) is 10.3 Å². The van der Waals surface area contributed by atoms with E-state index >= 15 is 0 Å². The molecule has 0 radical (unpaired) electrons. The summed E-state index contributed by atoms with van der Waals surface area (Å²) in [7, 11) is 0. The molecule has 0 saturated heterocycles. The smallest absolute Gasteiger partial charge is 0.389 e. The molecular formula is C10H11F3N2O3S. The van der Waals surface area contributed by atoms with E-state index in [0.29, 0.717) is 10.7 Å². The van der Waals surface area contributed by atoms with Gasteiger partial charge >= 0.3 is 12.1 Å². The minimum atomic E-state index is -4.37. The van der Waals surface area contributed by atoms with Crippen LogP contribution in [-0.4, -0.2) is 28.1 Å². The normalized spacial score (nSPS) is 11.4. The molecule has 5 nitrogen and oxygen atoms in total. The van der Waals surface area contributed by atoms with Gasteiger partial charge in [0.25, 0.3) is 0 Å². The highest BCUT2D eigenvalue weighted by atomic mass is 32.1. The fourth-order valence-electron chi connectivity index (χ4n) is 1.24. The van der Waals surface area contributed by atoms with Crippen LogP contribution in [-0.2, 0) is 11.3 Å². The van der Waals surface area contributed by atoms with Crippen LogP contribution in [0.1, 0.15) is 33.2 Å². The van der Waals surface area contributed by atoms with Gasteiger partial charge in [-0.05, 0) is 6.92 Å². The number of alkyl halides is 3. The second-order valence-electron chi connectivity index (χ2n) is 3.72. The highest BCUT2D eigenvalue weighted by molar-refractivity contribution is 7.13. The van der Waals surface area contributed by atoms with Gasteiger partial charge in [0.2, 0.25) is 5.91 Å². The molecule has 0 aliphatic heterocycles. The van der Waals surface area contributed by atoms with Crippen molar-refractivity contribution in [2.45, 2.75) is 32.5 Å². The van der Waals surface area contributed by atoms with Crippen molar-refractivity contribution in [2.24, 2.45) is 0 Å². The predicted octanol–water partition coefficient (Wildman–Crippen LogP) is 2.11. The van der Waals surface area contributed by atoms with Crippen LogP contribution < -0.4 is 5.32 Å². The topological polar surface area (TPSA) is 79.3 Å². The van der Waals surface area contributed by atoms with Crippen LogP contribution >= 0.6 is 11.3 Å². The molecule has 19 heavy (non-hydrogen) atoms. The van der Waals surface area contributed by atoms with Crippen molar-refractivity contribution in [3.63, 3.8) is 0 Å². The molecular weight excluding hydrogens is 285 g/mol. The molecule has 2 N–H and O–H groups in total. The number of carboxylic acids is 1. The number of hydrogen-bond donors (Lipinski definition) is 2. The van der Waals surface area contributed by atoms with Gasteiger partial charge in [0, 0.05) is 6.42 Å². The van der Waals surface area contributed by atoms with Gasteiger partial charge in [0.1, 0.15) is 9.88 Å². The van der Waals surface area contributed by atoms with Crippen molar-refractivity contribution in [1.29, 1.82) is 0 Å². The lowest BCUT2D eigenvalue weighted by Gasteiger charge is -2.06. The molecule has 9 heteroatoms. The maximum atomic E-state index is 11.9. The Balaban J connectivity index is 2.47. The lowest BCUT2D eigenvalue weighted by molar-refractivity contribution is -0.144. The summed E-state index contributed by atoms with van der Waals surface area (Å²) in [4.78, 5) is 25.9. The maximum Gasteiger partial charge on any atom is 0.389 e. The molecule has 0 aliphatic carbocycles. The average Bonchev–Trinajstić information content (AvgIpc) is 2.64. The van der Waals surface area contributed by atoms with Gasteiger partial charge in [-0.15, -0.1) is 11.3 Å². The number of aromatic nitrogens is 1. The van der Waals surface area contributed by atoms with Crippen molar-refractivity contribution in [2.75, 3.05) is 0 Å². The molecule has 0 fully saturated rings. The third kappa shape index (κ3) is 5.25. The number of carbonyl (C=O) groups is 2. The SMILES string of the molecule is Cc1nc(CNC(=O)CCC(F)(F)F)sc1C(=O)O. The maximum absolute atomic E-state index is 11.9. The minimum Gasteiger partial charge on any atom is -0.477 e. The zero-order valence-electron chi connectivity index (χ0n) is 9.87. The molecule has 0 saturated carbocycles. The van der Waals surface area contributed by atoms with Crippen LogP contribution in [0.3, 0.4) is 0 Å². The zero-order chi connectivity index (χ0) is 14.6. The first-order valence-corrected chi connectivity index (χ1v) is 6.03. The van der Waals surface area contributed by atoms with Gasteiger partial charge in [0.05, 0.1) is 18.7 Å². The molecule has 0 unspecified atom stereocenters. The summed E-state index contributed by atoms with van der Waals surface area (Å²) in [5, 5.41) is 11.4. The summed E-state index contributed by atoms with van der Waals surface area (Å²) in [5.41, 5.74) is 0.317. The monoisotopic (exact) mass is 296 g/mol. The summed E-state index contributed by atoms with van der Waals surface area (Å²) in [5.74, 6) is -1.87. The number of hydrogen-bond acceptors (Lipinski definition) is 4. The lowest BCUT2D eigenvalue weighted by Crippen LogP contribution is -2.24. The van der Waals surface area contributed by atoms with E-state index in [1.807, 2.05) is 0 Å². The van der Waals surface area contributed by atoms with Crippen LogP contribution in [0.15, 0.2) is 0 Å². The van der Waals surface area contributed by atoms with Gasteiger partial charge in [-0.1, -0.05) is 0 Å². The number of thiazole rings is 1. The Hall–Kier alpha value is -1.64. The summed E-state index contributed by atoms with van der Waals surface area (Å²) in [6.07, 6.45) is -6.21. The molecule has 0 spiro atoms. The van der Waals surface area contributed by atoms with E-state index in [4.69, 9.17) is 5.11 Å². The lowest BCUT2D eigenvalue weighted by atomic mass is 10.3. The number of nitrogens with zero attached hydrogens (tertiary/aromatic N) is 1. The van der Waals surface area contributed by atoms with Crippen LogP contribution in [0.25, 0.3) is 0 Å². The molecule has 1 aromatic heterocycles. The number of amides is 1. The van der Waals surface area contributed by atoms with Gasteiger partial charge in [-0.25, -0.2) is 9.78 Å². The Labute approximate surface area is 110 Å². The first-order chi connectivity index (χ1) is 8.69. The fourth-order valence-corrected chi connectivity index (χ4v) is 2.09. The van der Waals surface area contributed by atoms with Gasteiger partial charge < -0.3 is 10.4 Å². The number of carbonyl (C=O) groups excluding carboxylic acids is 1. The van der Waals surface area contributed by atoms with Crippen LogP contribution in [0.4, 0.5) is 13.2 Å². The van der Waals surface area contributed by atoms with E-state index in [1.54, 1.807) is 0 Å². The molecule has 1 aromatic rings. The summed E-state index contributed by atoms with van der Waals surface area (Å²) in [6.45, 7) is 1.43. The number of aryl methyl sites for hydroxylation is 1. The minimum absolute atomic E-state index is 0.0551. The fraction of sp³-hybridized carbons (Fsp3) is 0.500. The molecule has 1 amide bonds. The Morgan fingerprint density at radius 2 is 2.05 bits per heavy atom. The number of nitrogens with one attached hydrogen (secondary N) is 1. The summed E-state index contributed by atoms with van der Waals surface area (Å²) >= 11 is 0.886. The molecule has 106 valence electrons.